The van der Waals surface area contributed by atoms with Gasteiger partial charge >= 0.3 is 12.1 Å². The van der Waals surface area contributed by atoms with Gasteiger partial charge in [-0.25, -0.2) is 4.79 Å². The van der Waals surface area contributed by atoms with Gasteiger partial charge in [0, 0.05) is 16.4 Å². The Hall–Kier alpha value is -3.65. The third-order valence-electron chi connectivity index (χ3n) is 5.66. The summed E-state index contributed by atoms with van der Waals surface area (Å²) in [6, 6.07) is 20.3. The molecular weight excluding hydrogens is 500 g/mol. The monoisotopic (exact) mass is 522 g/mol. The molecule has 2 amide bonds. The first-order valence-electron chi connectivity index (χ1n) is 10.8. The minimum absolute atomic E-state index is 0.0831. The first-order chi connectivity index (χ1) is 16.3. The fraction of sp³-hybridized carbons (Fsp3) is 0.192. The molecule has 0 saturated heterocycles. The predicted molar refractivity (Wildman–Crippen MR) is 132 cm³/mol. The number of halogens is 1. The van der Waals surface area contributed by atoms with Crippen molar-refractivity contribution < 1.29 is 24.2 Å². The number of aliphatic carboxylic acids is 1. The number of nitrogens with one attached hydrogen (secondary N) is 2. The second-order valence-corrected chi connectivity index (χ2v) is 9.03. The Balaban J connectivity index is 1.46. The van der Waals surface area contributed by atoms with Gasteiger partial charge in [-0.15, -0.1) is 0 Å². The average molecular weight is 523 g/mol. The summed E-state index contributed by atoms with van der Waals surface area (Å²) >= 11 is 3.35. The van der Waals surface area contributed by atoms with Gasteiger partial charge in [0.2, 0.25) is 0 Å². The van der Waals surface area contributed by atoms with Crippen molar-refractivity contribution in [3.05, 3.63) is 87.9 Å². The predicted octanol–water partition coefficient (Wildman–Crippen LogP) is 5.40. The van der Waals surface area contributed by atoms with Crippen molar-refractivity contribution >= 4 is 39.6 Å². The zero-order valence-electron chi connectivity index (χ0n) is 18.4. The number of carboxylic acid groups (broad SMARTS) is 1. The zero-order valence-corrected chi connectivity index (χ0v) is 20.0. The summed E-state index contributed by atoms with van der Waals surface area (Å²) in [6.45, 7) is 1.74. The lowest BCUT2D eigenvalue weighted by Crippen LogP contribution is -2.34. The molecule has 174 valence electrons. The topological polar surface area (TPSA) is 105 Å². The molecule has 0 saturated carbocycles. The van der Waals surface area contributed by atoms with Crippen LogP contribution >= 0.6 is 15.9 Å². The van der Waals surface area contributed by atoms with Gasteiger partial charge in [0.05, 0.1) is 17.7 Å². The van der Waals surface area contributed by atoms with E-state index in [1.165, 1.54) is 0 Å². The average Bonchev–Trinajstić information content (AvgIpc) is 3.11. The van der Waals surface area contributed by atoms with E-state index in [0.717, 1.165) is 22.3 Å². The highest BCUT2D eigenvalue weighted by Gasteiger charge is 2.29. The lowest BCUT2D eigenvalue weighted by Gasteiger charge is -2.17. The van der Waals surface area contributed by atoms with Crippen molar-refractivity contribution in [2.24, 2.45) is 0 Å². The summed E-state index contributed by atoms with van der Waals surface area (Å²) in [4.78, 5) is 36.3. The van der Waals surface area contributed by atoms with Crippen LogP contribution < -0.4 is 10.6 Å². The van der Waals surface area contributed by atoms with E-state index in [9.17, 15) is 14.4 Å². The summed E-state index contributed by atoms with van der Waals surface area (Å²) in [5.74, 6) is -1.59. The number of fused-ring (bicyclic) bond motifs is 3. The Bertz CT molecular complexity index is 1210. The molecule has 0 heterocycles. The fourth-order valence-electron chi connectivity index (χ4n) is 4.18. The number of benzene rings is 3. The first-order valence-corrected chi connectivity index (χ1v) is 11.6. The molecule has 3 N–H and O–H groups in total. The van der Waals surface area contributed by atoms with Gasteiger partial charge in [-0.2, -0.15) is 0 Å². The van der Waals surface area contributed by atoms with Gasteiger partial charge < -0.3 is 15.2 Å². The highest BCUT2D eigenvalue weighted by atomic mass is 79.9. The van der Waals surface area contributed by atoms with Crippen LogP contribution in [0.1, 0.15) is 40.7 Å². The van der Waals surface area contributed by atoms with Gasteiger partial charge in [0.25, 0.3) is 5.91 Å². The molecule has 4 rings (SSSR count). The summed E-state index contributed by atoms with van der Waals surface area (Å²) < 4.78 is 6.24. The SMILES string of the molecule is C[C@@H](CC(=O)O)NC(=O)c1ccc(Br)cc1NC(=O)OCC1c2ccccc2-c2ccccc21. The van der Waals surface area contributed by atoms with E-state index in [2.05, 4.69) is 38.7 Å². The number of hydrogen-bond donors (Lipinski definition) is 3. The van der Waals surface area contributed by atoms with Gasteiger partial charge in [0.15, 0.2) is 0 Å². The molecule has 0 unspecified atom stereocenters. The summed E-state index contributed by atoms with van der Waals surface area (Å²) in [5, 5.41) is 14.2. The van der Waals surface area contributed by atoms with Crippen LogP contribution in [0.5, 0.6) is 0 Å². The molecule has 3 aromatic rings. The molecule has 34 heavy (non-hydrogen) atoms. The number of ether oxygens (including phenoxy) is 1. The minimum atomic E-state index is -1.01. The van der Waals surface area contributed by atoms with Crippen LogP contribution in [0.2, 0.25) is 0 Å². The number of amides is 2. The normalized spacial score (nSPS) is 12.9. The maximum Gasteiger partial charge on any atom is 0.411 e. The van der Waals surface area contributed by atoms with Gasteiger partial charge in [-0.1, -0.05) is 64.5 Å². The third kappa shape index (κ3) is 5.12. The second kappa shape index (κ2) is 10.1. The van der Waals surface area contributed by atoms with Crippen LogP contribution in [0.15, 0.2) is 71.2 Å². The van der Waals surface area contributed by atoms with Crippen LogP contribution in [-0.4, -0.2) is 35.7 Å². The first kappa shape index (κ1) is 23.5. The van der Waals surface area contributed by atoms with Gasteiger partial charge in [-0.3, -0.25) is 14.9 Å². The number of hydrogen-bond acceptors (Lipinski definition) is 4. The number of rotatable bonds is 7. The highest BCUT2D eigenvalue weighted by Crippen LogP contribution is 2.44. The molecule has 7 nitrogen and oxygen atoms in total. The number of anilines is 1. The van der Waals surface area contributed by atoms with Crippen molar-refractivity contribution in [3.63, 3.8) is 0 Å². The highest BCUT2D eigenvalue weighted by molar-refractivity contribution is 9.10. The van der Waals surface area contributed by atoms with Crippen LogP contribution in [0, 0.1) is 0 Å². The van der Waals surface area contributed by atoms with Crippen molar-refractivity contribution in [1.82, 2.24) is 5.32 Å². The molecule has 0 fully saturated rings. The molecule has 0 bridgehead atoms. The third-order valence-corrected chi connectivity index (χ3v) is 6.16. The molecule has 3 aromatic carbocycles. The van der Waals surface area contributed by atoms with E-state index in [4.69, 9.17) is 9.84 Å². The lowest BCUT2D eigenvalue weighted by atomic mass is 9.98. The van der Waals surface area contributed by atoms with E-state index in [-0.39, 0.29) is 30.2 Å². The minimum Gasteiger partial charge on any atom is -0.481 e. The Labute approximate surface area is 205 Å². The number of carbonyl (C=O) groups is 3. The van der Waals surface area contributed by atoms with E-state index < -0.39 is 24.0 Å². The Morgan fingerprint density at radius 2 is 1.62 bits per heavy atom. The van der Waals surface area contributed by atoms with Gasteiger partial charge in [0.1, 0.15) is 6.61 Å². The summed E-state index contributed by atoms with van der Waals surface area (Å²) in [6.07, 6.45) is -0.898. The molecule has 0 aromatic heterocycles. The number of carbonyl (C=O) groups excluding carboxylic acids is 2. The maximum atomic E-state index is 12.7. The molecule has 1 aliphatic carbocycles. The molecule has 0 spiro atoms. The van der Waals surface area contributed by atoms with Crippen molar-refractivity contribution in [2.45, 2.75) is 25.3 Å². The fourth-order valence-corrected chi connectivity index (χ4v) is 4.54. The summed E-state index contributed by atoms with van der Waals surface area (Å²) in [7, 11) is 0. The molecule has 0 radical (unpaired) electrons. The van der Waals surface area contributed by atoms with Crippen LogP contribution in [0.3, 0.4) is 0 Å². The summed E-state index contributed by atoms with van der Waals surface area (Å²) in [5.41, 5.74) is 4.93. The molecule has 1 aliphatic rings. The largest absolute Gasteiger partial charge is 0.481 e. The van der Waals surface area contributed by atoms with E-state index in [1.807, 2.05) is 36.4 Å². The van der Waals surface area contributed by atoms with Crippen LogP contribution in [-0.2, 0) is 9.53 Å². The Kier molecular flexibility index (Phi) is 6.98. The van der Waals surface area contributed by atoms with E-state index >= 15 is 0 Å². The Morgan fingerprint density at radius 1 is 1.00 bits per heavy atom. The van der Waals surface area contributed by atoms with Crippen molar-refractivity contribution in [3.8, 4) is 11.1 Å². The molecule has 1 atom stereocenters. The molecule has 8 heteroatoms. The molecular formula is C26H23BrN2O5. The van der Waals surface area contributed by atoms with E-state index in [1.54, 1.807) is 25.1 Å². The standard InChI is InChI=1S/C26H23BrN2O5/c1-15(12-24(30)31)28-25(32)21-11-10-16(27)13-23(21)29-26(33)34-14-22-19-8-4-2-6-17(19)18-7-3-5-9-20(18)22/h2-11,13,15,22H,12,14H2,1H3,(H,28,32)(H,29,33)(H,30,31)/t15-/m0/s1. The van der Waals surface area contributed by atoms with E-state index in [0.29, 0.717) is 4.47 Å². The smallest absolute Gasteiger partial charge is 0.411 e. The zero-order chi connectivity index (χ0) is 24.2. The second-order valence-electron chi connectivity index (χ2n) is 8.11. The Morgan fingerprint density at radius 3 is 2.24 bits per heavy atom. The van der Waals surface area contributed by atoms with Crippen molar-refractivity contribution in [1.29, 1.82) is 0 Å². The molecule has 0 aliphatic heterocycles. The quantitative estimate of drug-likeness (QED) is 0.385. The van der Waals surface area contributed by atoms with Crippen LogP contribution in [0.25, 0.3) is 11.1 Å². The maximum absolute atomic E-state index is 12.7. The van der Waals surface area contributed by atoms with Crippen LogP contribution in [0.4, 0.5) is 10.5 Å². The van der Waals surface area contributed by atoms with Crippen molar-refractivity contribution in [2.75, 3.05) is 11.9 Å². The van der Waals surface area contributed by atoms with Gasteiger partial charge in [-0.05, 0) is 47.4 Å². The number of carboxylic acids is 1. The lowest BCUT2D eigenvalue weighted by molar-refractivity contribution is -0.137.